The number of halogens is 1. The summed E-state index contributed by atoms with van der Waals surface area (Å²) in [5.74, 6) is 0.393. The van der Waals surface area contributed by atoms with Gasteiger partial charge in [-0.3, -0.25) is 4.79 Å². The van der Waals surface area contributed by atoms with Crippen molar-refractivity contribution in [3.8, 4) is 11.5 Å². The van der Waals surface area contributed by atoms with Crippen molar-refractivity contribution in [1.29, 1.82) is 0 Å². The number of fused-ring (bicyclic) bond motifs is 1. The molecule has 1 aliphatic rings. The van der Waals surface area contributed by atoms with Gasteiger partial charge in [-0.25, -0.2) is 4.98 Å². The van der Waals surface area contributed by atoms with Gasteiger partial charge in [0.25, 0.3) is 5.91 Å². The Kier molecular flexibility index (Phi) is 5.42. The van der Waals surface area contributed by atoms with Crippen LogP contribution in [0.1, 0.15) is 11.4 Å². The molecule has 0 bridgehead atoms. The molecule has 4 rings (SSSR count). The number of H-pyrrole nitrogens is 1. The van der Waals surface area contributed by atoms with Gasteiger partial charge in [-0.1, -0.05) is 23.7 Å². The van der Waals surface area contributed by atoms with Gasteiger partial charge in [-0.15, -0.1) is 0 Å². The molecular weight excluding hydrogens is 394 g/mol. The number of aromatic hydroxyl groups is 1. The van der Waals surface area contributed by atoms with E-state index in [1.54, 1.807) is 23.1 Å². The van der Waals surface area contributed by atoms with E-state index in [4.69, 9.17) is 21.1 Å². The molecule has 7 nitrogen and oxygen atoms in total. The minimum atomic E-state index is -0.157. The van der Waals surface area contributed by atoms with Crippen LogP contribution in [0.4, 0.5) is 0 Å². The van der Waals surface area contributed by atoms with Crippen molar-refractivity contribution in [3.63, 3.8) is 0 Å². The van der Waals surface area contributed by atoms with E-state index in [0.717, 1.165) is 11.0 Å². The van der Waals surface area contributed by atoms with Crippen molar-refractivity contribution in [3.05, 3.63) is 52.8 Å². The summed E-state index contributed by atoms with van der Waals surface area (Å²) in [4.78, 5) is 22.9. The standard InChI is InChI=1S/C21H20ClN3O4/c1-28-18-12-13(11-15(22)19(18)26)10-14(21(27)25-6-8-29-9-7-25)20-23-16-4-2-3-5-17(16)24-20/h2-5,10-12,26H,6-9H2,1H3,(H,23,24). The number of phenolic OH excluding ortho intramolecular Hbond substituents is 1. The Morgan fingerprint density at radius 2 is 2.07 bits per heavy atom. The van der Waals surface area contributed by atoms with Gasteiger partial charge in [-0.2, -0.15) is 0 Å². The Hall–Kier alpha value is -3.03. The SMILES string of the molecule is COc1cc(C=C(C(=O)N2CCOCC2)c2nc3ccccc3[nH]2)cc(Cl)c1O. The zero-order chi connectivity index (χ0) is 20.4. The number of rotatable bonds is 4. The van der Waals surface area contributed by atoms with Gasteiger partial charge < -0.3 is 24.5 Å². The third-order valence-corrected chi connectivity index (χ3v) is 5.04. The molecule has 2 heterocycles. The van der Waals surface area contributed by atoms with E-state index in [2.05, 4.69) is 9.97 Å². The average molecular weight is 414 g/mol. The van der Waals surface area contributed by atoms with Crippen LogP contribution in [0, 0.1) is 0 Å². The number of ether oxygens (including phenoxy) is 2. The molecule has 2 aromatic carbocycles. The average Bonchev–Trinajstić information content (AvgIpc) is 3.18. The number of hydrogen-bond acceptors (Lipinski definition) is 5. The summed E-state index contributed by atoms with van der Waals surface area (Å²) in [5.41, 5.74) is 2.61. The predicted molar refractivity (Wildman–Crippen MR) is 111 cm³/mol. The van der Waals surface area contributed by atoms with E-state index in [1.807, 2.05) is 24.3 Å². The molecule has 8 heteroatoms. The Bertz CT molecular complexity index is 1050. The number of hydrogen-bond donors (Lipinski definition) is 2. The Labute approximate surface area is 172 Å². The number of aromatic amines is 1. The zero-order valence-electron chi connectivity index (χ0n) is 15.8. The lowest BCUT2D eigenvalue weighted by atomic mass is 10.1. The quantitative estimate of drug-likeness (QED) is 0.640. The van der Waals surface area contributed by atoms with Crippen molar-refractivity contribution in [2.45, 2.75) is 0 Å². The lowest BCUT2D eigenvalue weighted by Crippen LogP contribution is -2.41. The van der Waals surface area contributed by atoms with E-state index >= 15 is 0 Å². The second-order valence-electron chi connectivity index (χ2n) is 6.62. The van der Waals surface area contributed by atoms with Crippen molar-refractivity contribution in [2.24, 2.45) is 0 Å². The summed E-state index contributed by atoms with van der Waals surface area (Å²) in [7, 11) is 1.44. The molecule has 1 amide bonds. The largest absolute Gasteiger partial charge is 0.503 e. The van der Waals surface area contributed by atoms with E-state index in [1.165, 1.54) is 7.11 Å². The normalized spacial score (nSPS) is 15.0. The number of carbonyl (C=O) groups excluding carboxylic acids is 1. The number of nitrogens with one attached hydrogen (secondary N) is 1. The number of para-hydroxylation sites is 2. The van der Waals surface area contributed by atoms with Crippen molar-refractivity contribution in [1.82, 2.24) is 14.9 Å². The topological polar surface area (TPSA) is 87.7 Å². The molecule has 1 aliphatic heterocycles. The van der Waals surface area contributed by atoms with Crippen LogP contribution < -0.4 is 4.74 Å². The lowest BCUT2D eigenvalue weighted by Gasteiger charge is -2.27. The first-order valence-corrected chi connectivity index (χ1v) is 9.55. The summed E-state index contributed by atoms with van der Waals surface area (Å²) < 4.78 is 10.5. The Morgan fingerprint density at radius 3 is 2.79 bits per heavy atom. The van der Waals surface area contributed by atoms with E-state index in [0.29, 0.717) is 43.3 Å². The zero-order valence-corrected chi connectivity index (χ0v) is 16.6. The van der Waals surface area contributed by atoms with Crippen LogP contribution >= 0.6 is 11.6 Å². The molecule has 0 saturated carbocycles. The molecule has 0 spiro atoms. The van der Waals surface area contributed by atoms with E-state index < -0.39 is 0 Å². The first-order chi connectivity index (χ1) is 14.1. The monoisotopic (exact) mass is 413 g/mol. The number of methoxy groups -OCH3 is 1. The Morgan fingerprint density at radius 1 is 1.31 bits per heavy atom. The van der Waals surface area contributed by atoms with Crippen LogP contribution in [0.25, 0.3) is 22.7 Å². The van der Waals surface area contributed by atoms with Gasteiger partial charge in [0.2, 0.25) is 0 Å². The number of aromatic nitrogens is 2. The Balaban J connectivity index is 1.82. The highest BCUT2D eigenvalue weighted by Crippen LogP contribution is 2.36. The van der Waals surface area contributed by atoms with Crippen molar-refractivity contribution in [2.75, 3.05) is 33.4 Å². The van der Waals surface area contributed by atoms with Gasteiger partial charge in [0.05, 0.1) is 42.0 Å². The van der Waals surface area contributed by atoms with Crippen LogP contribution in [-0.2, 0) is 9.53 Å². The highest BCUT2D eigenvalue weighted by molar-refractivity contribution is 6.32. The molecule has 29 heavy (non-hydrogen) atoms. The minimum Gasteiger partial charge on any atom is -0.503 e. The molecular formula is C21H20ClN3O4. The number of nitrogens with zero attached hydrogens (tertiary/aromatic N) is 2. The summed E-state index contributed by atoms with van der Waals surface area (Å²) in [5, 5.41) is 10.1. The molecule has 3 aromatic rings. The maximum absolute atomic E-state index is 13.3. The molecule has 0 aliphatic carbocycles. The summed E-state index contributed by atoms with van der Waals surface area (Å²) in [6.45, 7) is 2.02. The number of benzene rings is 2. The first-order valence-electron chi connectivity index (χ1n) is 9.17. The van der Waals surface area contributed by atoms with Crippen LogP contribution in [0.15, 0.2) is 36.4 Å². The van der Waals surface area contributed by atoms with E-state index in [-0.39, 0.29) is 22.4 Å². The fourth-order valence-electron chi connectivity index (χ4n) is 3.25. The molecule has 0 unspecified atom stereocenters. The molecule has 1 aromatic heterocycles. The number of morpholine rings is 1. The van der Waals surface area contributed by atoms with Gasteiger partial charge in [0.1, 0.15) is 5.82 Å². The number of carbonyl (C=O) groups is 1. The lowest BCUT2D eigenvalue weighted by molar-refractivity contribution is -0.128. The minimum absolute atomic E-state index is 0.137. The maximum Gasteiger partial charge on any atom is 0.257 e. The van der Waals surface area contributed by atoms with Crippen molar-refractivity contribution < 1.29 is 19.4 Å². The van der Waals surface area contributed by atoms with Crippen LogP contribution in [-0.4, -0.2) is 59.3 Å². The molecule has 0 atom stereocenters. The van der Waals surface area contributed by atoms with Crippen molar-refractivity contribution >= 4 is 40.2 Å². The second kappa shape index (κ2) is 8.14. The predicted octanol–water partition coefficient (Wildman–Crippen LogP) is 3.33. The molecule has 2 N–H and O–H groups in total. The summed E-state index contributed by atoms with van der Waals surface area (Å²) in [6.07, 6.45) is 1.70. The fourth-order valence-corrected chi connectivity index (χ4v) is 3.47. The summed E-state index contributed by atoms with van der Waals surface area (Å²) >= 11 is 6.13. The molecule has 150 valence electrons. The van der Waals surface area contributed by atoms with Gasteiger partial charge in [0, 0.05) is 13.1 Å². The summed E-state index contributed by atoms with van der Waals surface area (Å²) in [6, 6.07) is 10.8. The fraction of sp³-hybridized carbons (Fsp3) is 0.238. The number of imidazole rings is 1. The number of phenols is 1. The highest BCUT2D eigenvalue weighted by atomic mass is 35.5. The molecule has 1 saturated heterocycles. The van der Waals surface area contributed by atoms with Crippen LogP contribution in [0.2, 0.25) is 5.02 Å². The van der Waals surface area contributed by atoms with Crippen LogP contribution in [0.3, 0.4) is 0 Å². The van der Waals surface area contributed by atoms with Gasteiger partial charge in [0.15, 0.2) is 11.5 Å². The first kappa shape index (κ1) is 19.3. The maximum atomic E-state index is 13.3. The molecule has 0 radical (unpaired) electrons. The van der Waals surface area contributed by atoms with Gasteiger partial charge >= 0.3 is 0 Å². The third-order valence-electron chi connectivity index (χ3n) is 4.75. The molecule has 1 fully saturated rings. The third kappa shape index (κ3) is 3.92. The van der Waals surface area contributed by atoms with Crippen LogP contribution in [0.5, 0.6) is 11.5 Å². The highest BCUT2D eigenvalue weighted by Gasteiger charge is 2.24. The number of amides is 1. The van der Waals surface area contributed by atoms with E-state index in [9.17, 15) is 9.90 Å². The second-order valence-corrected chi connectivity index (χ2v) is 7.03. The smallest absolute Gasteiger partial charge is 0.257 e. The van der Waals surface area contributed by atoms with Gasteiger partial charge in [-0.05, 0) is 35.9 Å².